The lowest BCUT2D eigenvalue weighted by molar-refractivity contribution is 0.415. The van der Waals surface area contributed by atoms with Crippen LogP contribution in [0.1, 0.15) is 11.1 Å². The Balaban J connectivity index is 1.66. The van der Waals surface area contributed by atoms with Crippen LogP contribution in [0, 0.1) is 5.82 Å². The Labute approximate surface area is 139 Å². The molecule has 1 N–H and O–H groups in total. The number of benzene rings is 3. The fourth-order valence-corrected chi connectivity index (χ4v) is 2.71. The van der Waals surface area contributed by atoms with Crippen molar-refractivity contribution in [2.24, 2.45) is 0 Å². The number of ether oxygens (including phenoxy) is 1. The smallest absolute Gasteiger partial charge is 0.141 e. The first kappa shape index (κ1) is 15.8. The summed E-state index contributed by atoms with van der Waals surface area (Å²) in [6.45, 7) is 1.37. The molecule has 23 heavy (non-hydrogen) atoms. The summed E-state index contributed by atoms with van der Waals surface area (Å²) in [5.41, 5.74) is 2.15. The number of hydrogen-bond donors (Lipinski definition) is 1. The predicted molar refractivity (Wildman–Crippen MR) is 92.5 cm³/mol. The van der Waals surface area contributed by atoms with Gasteiger partial charge in [-0.05, 0) is 52.2 Å². The fourth-order valence-electron chi connectivity index (χ4n) is 2.51. The van der Waals surface area contributed by atoms with Crippen LogP contribution in [-0.4, -0.2) is 7.11 Å². The fraction of sp³-hybridized carbons (Fsp3) is 0.158. The van der Waals surface area contributed by atoms with Crippen LogP contribution in [0.4, 0.5) is 4.39 Å². The van der Waals surface area contributed by atoms with Gasteiger partial charge in [-0.1, -0.05) is 35.9 Å². The van der Waals surface area contributed by atoms with E-state index in [0.29, 0.717) is 6.54 Å². The van der Waals surface area contributed by atoms with Crippen molar-refractivity contribution in [2.75, 3.05) is 7.11 Å². The van der Waals surface area contributed by atoms with Crippen molar-refractivity contribution in [2.45, 2.75) is 13.1 Å². The third-order valence-electron chi connectivity index (χ3n) is 3.75. The number of hydrogen-bond acceptors (Lipinski definition) is 2. The third-order valence-corrected chi connectivity index (χ3v) is 4.04. The highest BCUT2D eigenvalue weighted by Crippen LogP contribution is 2.22. The summed E-state index contributed by atoms with van der Waals surface area (Å²) < 4.78 is 18.4. The Kier molecular flexibility index (Phi) is 4.79. The second-order valence-corrected chi connectivity index (χ2v) is 5.81. The van der Waals surface area contributed by atoms with E-state index in [-0.39, 0.29) is 10.8 Å². The SMILES string of the molecule is COc1ccc2cc(CNCc3ccc(F)c(Cl)c3)ccc2c1. The minimum atomic E-state index is -0.389. The van der Waals surface area contributed by atoms with Gasteiger partial charge in [-0.15, -0.1) is 0 Å². The Hall–Kier alpha value is -2.10. The van der Waals surface area contributed by atoms with Crippen LogP contribution in [0.3, 0.4) is 0 Å². The highest BCUT2D eigenvalue weighted by Gasteiger charge is 2.02. The van der Waals surface area contributed by atoms with E-state index >= 15 is 0 Å². The van der Waals surface area contributed by atoms with Gasteiger partial charge in [0.25, 0.3) is 0 Å². The lowest BCUT2D eigenvalue weighted by atomic mass is 10.1. The second kappa shape index (κ2) is 6.99. The molecule has 0 heterocycles. The van der Waals surface area contributed by atoms with E-state index in [9.17, 15) is 4.39 Å². The molecule has 0 atom stereocenters. The van der Waals surface area contributed by atoms with Gasteiger partial charge in [-0.2, -0.15) is 0 Å². The molecule has 0 aliphatic rings. The zero-order valence-electron chi connectivity index (χ0n) is 12.8. The summed E-state index contributed by atoms with van der Waals surface area (Å²) in [5, 5.41) is 5.83. The van der Waals surface area contributed by atoms with E-state index in [0.717, 1.165) is 23.2 Å². The van der Waals surface area contributed by atoms with Crippen LogP contribution < -0.4 is 10.1 Å². The van der Waals surface area contributed by atoms with Crippen molar-refractivity contribution < 1.29 is 9.13 Å². The average Bonchev–Trinajstić information content (AvgIpc) is 2.57. The monoisotopic (exact) mass is 329 g/mol. The van der Waals surface area contributed by atoms with Crippen LogP contribution in [-0.2, 0) is 13.1 Å². The molecule has 3 aromatic carbocycles. The lowest BCUT2D eigenvalue weighted by Crippen LogP contribution is -2.12. The quantitative estimate of drug-likeness (QED) is 0.716. The van der Waals surface area contributed by atoms with Gasteiger partial charge in [-0.3, -0.25) is 0 Å². The molecule has 0 fully saturated rings. The van der Waals surface area contributed by atoms with Crippen molar-refractivity contribution in [1.82, 2.24) is 5.32 Å². The minimum Gasteiger partial charge on any atom is -0.497 e. The number of rotatable bonds is 5. The highest BCUT2D eigenvalue weighted by atomic mass is 35.5. The van der Waals surface area contributed by atoms with E-state index in [1.165, 1.54) is 17.0 Å². The van der Waals surface area contributed by atoms with Gasteiger partial charge in [0.15, 0.2) is 0 Å². The molecule has 0 saturated heterocycles. The van der Waals surface area contributed by atoms with Gasteiger partial charge < -0.3 is 10.1 Å². The number of halogens is 2. The summed E-state index contributed by atoms with van der Waals surface area (Å²) in [6, 6.07) is 17.1. The summed E-state index contributed by atoms with van der Waals surface area (Å²) in [6.07, 6.45) is 0. The summed E-state index contributed by atoms with van der Waals surface area (Å²) in [7, 11) is 1.67. The molecule has 0 spiro atoms. The lowest BCUT2D eigenvalue weighted by Gasteiger charge is -2.08. The first-order chi connectivity index (χ1) is 11.2. The molecule has 2 nitrogen and oxygen atoms in total. The van der Waals surface area contributed by atoms with Crippen LogP contribution in [0.25, 0.3) is 10.8 Å². The molecule has 0 aromatic heterocycles. The van der Waals surface area contributed by atoms with Crippen molar-refractivity contribution in [3.05, 3.63) is 76.6 Å². The largest absolute Gasteiger partial charge is 0.497 e. The molecule has 0 aliphatic heterocycles. The van der Waals surface area contributed by atoms with E-state index < -0.39 is 0 Å². The van der Waals surface area contributed by atoms with Crippen LogP contribution in [0.15, 0.2) is 54.6 Å². The molecular formula is C19H17ClFNO. The maximum Gasteiger partial charge on any atom is 0.141 e. The zero-order chi connectivity index (χ0) is 16.2. The number of nitrogens with one attached hydrogen (secondary N) is 1. The molecule has 118 valence electrons. The normalized spacial score (nSPS) is 10.9. The van der Waals surface area contributed by atoms with Gasteiger partial charge in [0, 0.05) is 13.1 Å². The van der Waals surface area contributed by atoms with E-state index in [2.05, 4.69) is 29.6 Å². The van der Waals surface area contributed by atoms with Crippen molar-refractivity contribution in [3.63, 3.8) is 0 Å². The average molecular weight is 330 g/mol. The van der Waals surface area contributed by atoms with Gasteiger partial charge in [0.1, 0.15) is 11.6 Å². The molecule has 3 rings (SSSR count). The maximum absolute atomic E-state index is 13.1. The summed E-state index contributed by atoms with van der Waals surface area (Å²) in [5.74, 6) is 0.469. The maximum atomic E-state index is 13.1. The molecule has 0 unspecified atom stereocenters. The molecular weight excluding hydrogens is 313 g/mol. The summed E-state index contributed by atoms with van der Waals surface area (Å²) >= 11 is 5.79. The van der Waals surface area contributed by atoms with Crippen LogP contribution in [0.2, 0.25) is 5.02 Å². The molecule has 3 aromatic rings. The Bertz CT molecular complexity index is 835. The van der Waals surface area contributed by atoms with Crippen molar-refractivity contribution >= 4 is 22.4 Å². The highest BCUT2D eigenvalue weighted by molar-refractivity contribution is 6.30. The molecule has 0 bridgehead atoms. The van der Waals surface area contributed by atoms with E-state index in [1.54, 1.807) is 19.2 Å². The number of methoxy groups -OCH3 is 1. The van der Waals surface area contributed by atoms with Crippen LogP contribution >= 0.6 is 11.6 Å². The minimum absolute atomic E-state index is 0.156. The standard InChI is InChI=1S/C19H17ClFNO/c1-23-17-6-5-15-8-13(2-4-16(15)10-17)11-22-12-14-3-7-19(21)18(20)9-14/h2-10,22H,11-12H2,1H3. The van der Waals surface area contributed by atoms with Gasteiger partial charge in [-0.25, -0.2) is 4.39 Å². The van der Waals surface area contributed by atoms with Crippen molar-refractivity contribution in [1.29, 1.82) is 0 Å². The zero-order valence-corrected chi connectivity index (χ0v) is 13.5. The Morgan fingerprint density at radius 1 is 0.913 bits per heavy atom. The van der Waals surface area contributed by atoms with Crippen LogP contribution in [0.5, 0.6) is 5.75 Å². The molecule has 4 heteroatoms. The molecule has 0 radical (unpaired) electrons. The second-order valence-electron chi connectivity index (χ2n) is 5.40. The van der Waals surface area contributed by atoms with Gasteiger partial charge in [0.05, 0.1) is 12.1 Å². The topological polar surface area (TPSA) is 21.3 Å². The molecule has 0 aliphatic carbocycles. The molecule has 0 saturated carbocycles. The third kappa shape index (κ3) is 3.81. The van der Waals surface area contributed by atoms with Gasteiger partial charge in [0.2, 0.25) is 0 Å². The van der Waals surface area contributed by atoms with Crippen molar-refractivity contribution in [3.8, 4) is 5.75 Å². The first-order valence-electron chi connectivity index (χ1n) is 7.37. The first-order valence-corrected chi connectivity index (χ1v) is 7.75. The predicted octanol–water partition coefficient (Wildman–Crippen LogP) is 4.93. The summed E-state index contributed by atoms with van der Waals surface area (Å²) in [4.78, 5) is 0. The van der Waals surface area contributed by atoms with E-state index in [1.807, 2.05) is 12.1 Å². The van der Waals surface area contributed by atoms with E-state index in [4.69, 9.17) is 16.3 Å². The van der Waals surface area contributed by atoms with Gasteiger partial charge >= 0.3 is 0 Å². The Morgan fingerprint density at radius 2 is 1.57 bits per heavy atom. The number of fused-ring (bicyclic) bond motifs is 1. The Morgan fingerprint density at radius 3 is 2.30 bits per heavy atom. The molecule has 0 amide bonds.